The van der Waals surface area contributed by atoms with Crippen LogP contribution in [0.2, 0.25) is 0 Å². The van der Waals surface area contributed by atoms with Gasteiger partial charge in [0.2, 0.25) is 0 Å². The molecule has 2 fully saturated rings. The average molecular weight is 233 g/mol. The molecule has 1 N–H and O–H groups in total. The van der Waals surface area contributed by atoms with E-state index in [4.69, 9.17) is 0 Å². The van der Waals surface area contributed by atoms with E-state index in [1.807, 2.05) is 6.33 Å². The molecule has 0 spiro atoms. The Labute approximate surface area is 104 Å². The Hall–Kier alpha value is -0.830. The van der Waals surface area contributed by atoms with Gasteiger partial charge in [-0.25, -0.2) is 4.98 Å². The number of piperidine rings is 1. The van der Waals surface area contributed by atoms with Gasteiger partial charge in [0.25, 0.3) is 0 Å². The highest BCUT2D eigenvalue weighted by Crippen LogP contribution is 2.56. The molecule has 1 aliphatic carbocycles. The fourth-order valence-electron chi connectivity index (χ4n) is 3.17. The van der Waals surface area contributed by atoms with Gasteiger partial charge >= 0.3 is 0 Å². The molecule has 0 aromatic carbocycles. The molecule has 1 aromatic rings. The van der Waals surface area contributed by atoms with E-state index in [9.17, 15) is 0 Å². The van der Waals surface area contributed by atoms with Crippen molar-refractivity contribution in [3.63, 3.8) is 0 Å². The first kappa shape index (κ1) is 11.3. The highest BCUT2D eigenvalue weighted by atomic mass is 15.1. The monoisotopic (exact) mass is 233 g/mol. The third-order valence-corrected chi connectivity index (χ3v) is 4.79. The van der Waals surface area contributed by atoms with E-state index in [0.717, 1.165) is 13.1 Å². The highest BCUT2D eigenvalue weighted by Gasteiger charge is 2.49. The minimum Gasteiger partial charge on any atom is -0.330 e. The lowest BCUT2D eigenvalue weighted by Gasteiger charge is -2.35. The quantitative estimate of drug-likeness (QED) is 0.850. The summed E-state index contributed by atoms with van der Waals surface area (Å²) in [7, 11) is 0. The molecule has 2 heterocycles. The van der Waals surface area contributed by atoms with E-state index in [1.54, 1.807) is 0 Å². The molecule has 1 saturated heterocycles. The van der Waals surface area contributed by atoms with E-state index < -0.39 is 0 Å². The van der Waals surface area contributed by atoms with E-state index in [-0.39, 0.29) is 0 Å². The van der Waals surface area contributed by atoms with Crippen molar-refractivity contribution in [1.82, 2.24) is 14.9 Å². The highest BCUT2D eigenvalue weighted by molar-refractivity contribution is 5.19. The lowest BCUT2D eigenvalue weighted by atomic mass is 9.78. The summed E-state index contributed by atoms with van der Waals surface area (Å²) < 4.78 is 2.45. The molecule has 1 saturated carbocycles. The molecule has 1 aromatic heterocycles. The van der Waals surface area contributed by atoms with Gasteiger partial charge in [-0.15, -0.1) is 0 Å². The standard InChI is InChI=1S/C14H23N3/c1-13(2)8-11(13)17-10-16-9-12(17)14(3)4-6-15-7-5-14/h9-11,15H,4-8H2,1-3H3. The Bertz CT molecular complexity index is 413. The van der Waals surface area contributed by atoms with Crippen LogP contribution in [0.4, 0.5) is 0 Å². The number of rotatable bonds is 2. The smallest absolute Gasteiger partial charge is 0.0951 e. The molecule has 3 rings (SSSR count). The summed E-state index contributed by atoms with van der Waals surface area (Å²) in [4.78, 5) is 4.41. The Balaban J connectivity index is 1.91. The van der Waals surface area contributed by atoms with Crippen LogP contribution < -0.4 is 5.32 Å². The van der Waals surface area contributed by atoms with Crippen LogP contribution in [0.25, 0.3) is 0 Å². The van der Waals surface area contributed by atoms with Crippen LogP contribution in [0.5, 0.6) is 0 Å². The minimum absolute atomic E-state index is 0.320. The second kappa shape index (κ2) is 3.58. The zero-order valence-corrected chi connectivity index (χ0v) is 11.2. The van der Waals surface area contributed by atoms with Crippen LogP contribution in [0.1, 0.15) is 51.8 Å². The molecule has 0 bridgehead atoms. The lowest BCUT2D eigenvalue weighted by molar-refractivity contribution is 0.313. The van der Waals surface area contributed by atoms with Crippen molar-refractivity contribution >= 4 is 0 Å². The van der Waals surface area contributed by atoms with Crippen molar-refractivity contribution < 1.29 is 0 Å². The largest absolute Gasteiger partial charge is 0.330 e. The molecule has 0 amide bonds. The number of hydrogen-bond acceptors (Lipinski definition) is 2. The first-order chi connectivity index (χ1) is 8.03. The van der Waals surface area contributed by atoms with Crippen LogP contribution in [0.15, 0.2) is 12.5 Å². The number of aromatic nitrogens is 2. The molecule has 94 valence electrons. The van der Waals surface area contributed by atoms with Crippen LogP contribution in [0.3, 0.4) is 0 Å². The molecule has 17 heavy (non-hydrogen) atoms. The maximum atomic E-state index is 4.41. The molecule has 3 nitrogen and oxygen atoms in total. The Morgan fingerprint density at radius 1 is 1.29 bits per heavy atom. The van der Waals surface area contributed by atoms with E-state index in [2.05, 4.69) is 41.8 Å². The van der Waals surface area contributed by atoms with Gasteiger partial charge in [0.15, 0.2) is 0 Å². The molecule has 1 atom stereocenters. The van der Waals surface area contributed by atoms with Gasteiger partial charge in [-0.2, -0.15) is 0 Å². The zero-order valence-electron chi connectivity index (χ0n) is 11.2. The van der Waals surface area contributed by atoms with Crippen LogP contribution in [-0.4, -0.2) is 22.6 Å². The van der Waals surface area contributed by atoms with Crippen LogP contribution >= 0.6 is 0 Å². The molecular weight excluding hydrogens is 210 g/mol. The van der Waals surface area contributed by atoms with Gasteiger partial charge in [0.05, 0.1) is 6.33 Å². The summed E-state index contributed by atoms with van der Waals surface area (Å²) in [6.45, 7) is 9.38. The molecule has 0 radical (unpaired) electrons. The van der Waals surface area contributed by atoms with Gasteiger partial charge in [-0.3, -0.25) is 0 Å². The van der Waals surface area contributed by atoms with Crippen LogP contribution in [-0.2, 0) is 5.41 Å². The summed E-state index contributed by atoms with van der Waals surface area (Å²) in [5.74, 6) is 0. The molecular formula is C14H23N3. The zero-order chi connectivity index (χ0) is 12.1. The summed E-state index contributed by atoms with van der Waals surface area (Å²) >= 11 is 0. The van der Waals surface area contributed by atoms with Crippen molar-refractivity contribution in [2.75, 3.05) is 13.1 Å². The van der Waals surface area contributed by atoms with Gasteiger partial charge in [-0.1, -0.05) is 20.8 Å². The summed E-state index contributed by atoms with van der Waals surface area (Å²) in [5, 5.41) is 3.45. The Kier molecular flexibility index (Phi) is 2.37. The first-order valence-corrected chi connectivity index (χ1v) is 6.76. The van der Waals surface area contributed by atoms with Gasteiger partial charge < -0.3 is 9.88 Å². The van der Waals surface area contributed by atoms with E-state index >= 15 is 0 Å². The number of imidazole rings is 1. The second-order valence-corrected chi connectivity index (χ2v) is 6.71. The maximum Gasteiger partial charge on any atom is 0.0951 e. The molecule has 2 aliphatic rings. The van der Waals surface area contributed by atoms with Crippen molar-refractivity contribution in [2.24, 2.45) is 5.41 Å². The molecule has 1 aliphatic heterocycles. The molecule has 1 unspecified atom stereocenters. The Morgan fingerprint density at radius 3 is 2.53 bits per heavy atom. The van der Waals surface area contributed by atoms with E-state index in [0.29, 0.717) is 16.9 Å². The normalized spacial score (nSPS) is 30.2. The first-order valence-electron chi connectivity index (χ1n) is 6.76. The minimum atomic E-state index is 0.320. The van der Waals surface area contributed by atoms with E-state index in [1.165, 1.54) is 25.0 Å². The fraction of sp³-hybridized carbons (Fsp3) is 0.786. The van der Waals surface area contributed by atoms with Crippen LogP contribution in [0, 0.1) is 5.41 Å². The van der Waals surface area contributed by atoms with Crippen molar-refractivity contribution in [3.05, 3.63) is 18.2 Å². The third kappa shape index (κ3) is 1.81. The maximum absolute atomic E-state index is 4.41. The van der Waals surface area contributed by atoms with Gasteiger partial charge in [-0.05, 0) is 37.8 Å². The fourth-order valence-corrected chi connectivity index (χ4v) is 3.17. The lowest BCUT2D eigenvalue weighted by Crippen LogP contribution is -2.39. The number of nitrogens with zero attached hydrogens (tertiary/aromatic N) is 2. The third-order valence-electron chi connectivity index (χ3n) is 4.79. The summed E-state index contributed by atoms with van der Waals surface area (Å²) in [6.07, 6.45) is 7.89. The second-order valence-electron chi connectivity index (χ2n) is 6.71. The average Bonchev–Trinajstić information content (AvgIpc) is 2.76. The van der Waals surface area contributed by atoms with Crippen molar-refractivity contribution in [3.8, 4) is 0 Å². The Morgan fingerprint density at radius 2 is 1.94 bits per heavy atom. The summed E-state index contributed by atoms with van der Waals surface area (Å²) in [6, 6.07) is 0.673. The predicted octanol–water partition coefficient (Wildman–Crippen LogP) is 2.50. The number of nitrogens with one attached hydrogen (secondary N) is 1. The van der Waals surface area contributed by atoms with Crippen molar-refractivity contribution in [2.45, 2.75) is 51.5 Å². The van der Waals surface area contributed by atoms with Gasteiger partial charge in [0.1, 0.15) is 0 Å². The topological polar surface area (TPSA) is 29.9 Å². The van der Waals surface area contributed by atoms with Crippen molar-refractivity contribution in [1.29, 1.82) is 0 Å². The van der Waals surface area contributed by atoms with Gasteiger partial charge in [0, 0.05) is 23.3 Å². The molecule has 3 heteroatoms. The SMILES string of the molecule is CC1(c2cncn2C2CC2(C)C)CCNCC1. The number of hydrogen-bond donors (Lipinski definition) is 1. The summed E-state index contributed by atoms with van der Waals surface area (Å²) in [5.41, 5.74) is 2.24. The predicted molar refractivity (Wildman–Crippen MR) is 69.1 cm³/mol.